The quantitative estimate of drug-likeness (QED) is 0.795. The minimum Gasteiger partial charge on any atom is -0.380 e. The van der Waals surface area contributed by atoms with Gasteiger partial charge in [-0.25, -0.2) is 0 Å². The molecule has 0 bridgehead atoms. The van der Waals surface area contributed by atoms with Crippen LogP contribution in [-0.4, -0.2) is 49.8 Å². The van der Waals surface area contributed by atoms with E-state index in [0.29, 0.717) is 12.1 Å². The normalized spacial score (nSPS) is 29.6. The summed E-state index contributed by atoms with van der Waals surface area (Å²) >= 11 is 0. The van der Waals surface area contributed by atoms with Crippen LogP contribution in [0.5, 0.6) is 0 Å². The summed E-state index contributed by atoms with van der Waals surface area (Å²) in [5.74, 6) is 0. The molecule has 100 valence electrons. The highest BCUT2D eigenvalue weighted by Gasteiger charge is 2.26. The molecule has 0 spiro atoms. The van der Waals surface area contributed by atoms with Crippen molar-refractivity contribution in [2.75, 3.05) is 26.7 Å². The number of hydrogen-bond donors (Lipinski definition) is 1. The summed E-state index contributed by atoms with van der Waals surface area (Å²) in [7, 11) is 1.83. The first-order valence-electron chi connectivity index (χ1n) is 7.30. The summed E-state index contributed by atoms with van der Waals surface area (Å²) < 4.78 is 5.42. The minimum atomic E-state index is 0.465. The highest BCUT2D eigenvalue weighted by atomic mass is 16.5. The largest absolute Gasteiger partial charge is 0.380 e. The van der Waals surface area contributed by atoms with Crippen molar-refractivity contribution < 1.29 is 4.74 Å². The van der Waals surface area contributed by atoms with Gasteiger partial charge >= 0.3 is 0 Å². The van der Waals surface area contributed by atoms with E-state index in [0.717, 1.165) is 19.1 Å². The number of nitrogens with zero attached hydrogens (tertiary/aromatic N) is 1. The van der Waals surface area contributed by atoms with Gasteiger partial charge in [0.1, 0.15) is 0 Å². The molecule has 1 aliphatic carbocycles. The molecule has 17 heavy (non-hydrogen) atoms. The van der Waals surface area contributed by atoms with Crippen molar-refractivity contribution in [2.45, 2.75) is 63.6 Å². The second-order valence-corrected chi connectivity index (χ2v) is 5.73. The topological polar surface area (TPSA) is 24.5 Å². The molecule has 1 N–H and O–H groups in total. The van der Waals surface area contributed by atoms with Crippen molar-refractivity contribution in [1.29, 1.82) is 0 Å². The van der Waals surface area contributed by atoms with Gasteiger partial charge in [-0.3, -0.25) is 4.90 Å². The molecule has 0 amide bonds. The third-order valence-corrected chi connectivity index (χ3v) is 4.44. The highest BCUT2D eigenvalue weighted by Crippen LogP contribution is 2.18. The van der Waals surface area contributed by atoms with Crippen LogP contribution in [0, 0.1) is 0 Å². The maximum absolute atomic E-state index is 5.42. The molecule has 1 aliphatic heterocycles. The average Bonchev–Trinajstić information content (AvgIpc) is 2.86. The van der Waals surface area contributed by atoms with Gasteiger partial charge in [0.15, 0.2) is 0 Å². The van der Waals surface area contributed by atoms with Gasteiger partial charge in [0.25, 0.3) is 0 Å². The SMILES string of the molecule is COC1CCN(C(C)CNC2CCCCC2)C1. The number of ether oxygens (including phenoxy) is 1. The van der Waals surface area contributed by atoms with Crippen LogP contribution in [0.4, 0.5) is 0 Å². The summed E-state index contributed by atoms with van der Waals surface area (Å²) in [4.78, 5) is 2.56. The summed E-state index contributed by atoms with van der Waals surface area (Å²) in [6.07, 6.45) is 8.70. The van der Waals surface area contributed by atoms with E-state index in [4.69, 9.17) is 4.74 Å². The second kappa shape index (κ2) is 6.72. The zero-order chi connectivity index (χ0) is 12.1. The Morgan fingerprint density at radius 1 is 1.24 bits per heavy atom. The van der Waals surface area contributed by atoms with Crippen LogP contribution in [0.15, 0.2) is 0 Å². The van der Waals surface area contributed by atoms with Crippen LogP contribution in [0.25, 0.3) is 0 Å². The summed E-state index contributed by atoms with van der Waals surface area (Å²) in [5.41, 5.74) is 0. The smallest absolute Gasteiger partial charge is 0.0710 e. The summed E-state index contributed by atoms with van der Waals surface area (Å²) in [6.45, 7) is 5.80. The lowest BCUT2D eigenvalue weighted by Crippen LogP contribution is -2.43. The predicted octanol–water partition coefficient (Wildman–Crippen LogP) is 2.02. The Bertz CT molecular complexity index is 216. The van der Waals surface area contributed by atoms with Gasteiger partial charge in [-0.1, -0.05) is 19.3 Å². The van der Waals surface area contributed by atoms with Gasteiger partial charge < -0.3 is 10.1 Å². The number of nitrogens with one attached hydrogen (secondary N) is 1. The van der Waals surface area contributed by atoms with E-state index in [9.17, 15) is 0 Å². The number of rotatable bonds is 5. The Morgan fingerprint density at radius 3 is 2.65 bits per heavy atom. The second-order valence-electron chi connectivity index (χ2n) is 5.73. The van der Waals surface area contributed by atoms with Crippen molar-refractivity contribution in [3.05, 3.63) is 0 Å². The fourth-order valence-corrected chi connectivity index (χ4v) is 3.12. The first-order chi connectivity index (χ1) is 8.29. The third kappa shape index (κ3) is 3.94. The van der Waals surface area contributed by atoms with Crippen molar-refractivity contribution in [1.82, 2.24) is 10.2 Å². The molecule has 3 heteroatoms. The maximum Gasteiger partial charge on any atom is 0.0710 e. The van der Waals surface area contributed by atoms with Crippen LogP contribution in [0.2, 0.25) is 0 Å². The molecule has 0 aromatic rings. The Labute approximate surface area is 106 Å². The van der Waals surface area contributed by atoms with Crippen LogP contribution in [0.3, 0.4) is 0 Å². The molecule has 1 heterocycles. The lowest BCUT2D eigenvalue weighted by molar-refractivity contribution is 0.102. The fraction of sp³-hybridized carbons (Fsp3) is 1.00. The molecule has 1 saturated carbocycles. The lowest BCUT2D eigenvalue weighted by Gasteiger charge is -2.28. The van der Waals surface area contributed by atoms with E-state index in [2.05, 4.69) is 17.1 Å². The Hall–Kier alpha value is -0.120. The molecule has 2 aliphatic rings. The molecule has 3 nitrogen and oxygen atoms in total. The molecule has 2 fully saturated rings. The van der Waals surface area contributed by atoms with E-state index in [1.807, 2.05) is 7.11 Å². The van der Waals surface area contributed by atoms with Gasteiger partial charge in [0, 0.05) is 38.8 Å². The predicted molar refractivity (Wildman–Crippen MR) is 71.3 cm³/mol. The van der Waals surface area contributed by atoms with Crippen LogP contribution >= 0.6 is 0 Å². The molecule has 2 rings (SSSR count). The minimum absolute atomic E-state index is 0.465. The van der Waals surface area contributed by atoms with Gasteiger partial charge in [0.05, 0.1) is 6.10 Å². The van der Waals surface area contributed by atoms with E-state index in [-0.39, 0.29) is 0 Å². The third-order valence-electron chi connectivity index (χ3n) is 4.44. The zero-order valence-corrected chi connectivity index (χ0v) is 11.5. The van der Waals surface area contributed by atoms with E-state index in [1.165, 1.54) is 45.1 Å². The van der Waals surface area contributed by atoms with Crippen molar-refractivity contribution in [2.24, 2.45) is 0 Å². The molecule has 2 atom stereocenters. The molecule has 1 saturated heterocycles. The Morgan fingerprint density at radius 2 is 2.00 bits per heavy atom. The average molecular weight is 240 g/mol. The van der Waals surface area contributed by atoms with Crippen LogP contribution < -0.4 is 5.32 Å². The van der Waals surface area contributed by atoms with Crippen LogP contribution in [-0.2, 0) is 4.74 Å². The summed E-state index contributed by atoms with van der Waals surface area (Å²) in [6, 6.07) is 1.43. The van der Waals surface area contributed by atoms with E-state index in [1.54, 1.807) is 0 Å². The first kappa shape index (κ1) is 13.3. The van der Waals surface area contributed by atoms with Gasteiger partial charge in [-0.15, -0.1) is 0 Å². The van der Waals surface area contributed by atoms with Crippen LogP contribution in [0.1, 0.15) is 45.4 Å². The summed E-state index contributed by atoms with van der Waals surface area (Å²) in [5, 5.41) is 3.75. The fourth-order valence-electron chi connectivity index (χ4n) is 3.12. The standard InChI is InChI=1S/C14H28N2O/c1-12(16-9-8-14(11-16)17-2)10-15-13-6-4-3-5-7-13/h12-15H,3-11H2,1-2H3. The van der Waals surface area contributed by atoms with Gasteiger partial charge in [-0.05, 0) is 26.2 Å². The monoisotopic (exact) mass is 240 g/mol. The maximum atomic E-state index is 5.42. The van der Waals surface area contributed by atoms with E-state index >= 15 is 0 Å². The zero-order valence-electron chi connectivity index (χ0n) is 11.5. The Kier molecular flexibility index (Phi) is 5.26. The van der Waals surface area contributed by atoms with Crippen molar-refractivity contribution in [3.63, 3.8) is 0 Å². The van der Waals surface area contributed by atoms with Crippen molar-refractivity contribution >= 4 is 0 Å². The van der Waals surface area contributed by atoms with Crippen molar-refractivity contribution in [3.8, 4) is 0 Å². The van der Waals surface area contributed by atoms with E-state index < -0.39 is 0 Å². The lowest BCUT2D eigenvalue weighted by atomic mass is 9.95. The highest BCUT2D eigenvalue weighted by molar-refractivity contribution is 4.82. The molecule has 0 aromatic carbocycles. The molecule has 2 unspecified atom stereocenters. The molecule has 0 radical (unpaired) electrons. The van der Waals surface area contributed by atoms with Gasteiger partial charge in [-0.2, -0.15) is 0 Å². The molecule has 0 aromatic heterocycles. The number of methoxy groups -OCH3 is 1. The Balaban J connectivity index is 1.64. The molecular weight excluding hydrogens is 212 g/mol. The molecular formula is C14H28N2O. The number of likely N-dealkylation sites (tertiary alicyclic amines) is 1. The number of hydrogen-bond acceptors (Lipinski definition) is 3. The van der Waals surface area contributed by atoms with Gasteiger partial charge in [0.2, 0.25) is 0 Å². The first-order valence-corrected chi connectivity index (χ1v) is 7.30.